The van der Waals surface area contributed by atoms with Crippen molar-refractivity contribution in [2.45, 2.75) is 13.5 Å². The van der Waals surface area contributed by atoms with Crippen LogP contribution in [-0.2, 0) is 11.3 Å². The number of aliphatic carboxylic acids is 1. The van der Waals surface area contributed by atoms with Crippen molar-refractivity contribution < 1.29 is 14.7 Å². The highest BCUT2D eigenvalue weighted by Gasteiger charge is 2.22. The first-order chi connectivity index (χ1) is 10.1. The zero-order chi connectivity index (χ0) is 15.2. The number of carboxylic acids is 1. The van der Waals surface area contributed by atoms with Crippen LogP contribution in [0.1, 0.15) is 23.0 Å². The fraction of sp³-hybridized carbons (Fsp3) is 0.250. The lowest BCUT2D eigenvalue weighted by atomic mass is 10.1. The van der Waals surface area contributed by atoms with Crippen LogP contribution in [0, 0.1) is 5.92 Å². The summed E-state index contributed by atoms with van der Waals surface area (Å²) in [6.45, 7) is 2.15. The third-order valence-electron chi connectivity index (χ3n) is 3.25. The molecule has 1 atom stereocenters. The van der Waals surface area contributed by atoms with Gasteiger partial charge in [-0.25, -0.2) is 0 Å². The molecule has 0 saturated carbocycles. The van der Waals surface area contributed by atoms with Crippen LogP contribution in [0.5, 0.6) is 0 Å². The number of carboxylic acid groups (broad SMARTS) is 1. The van der Waals surface area contributed by atoms with E-state index in [4.69, 9.17) is 5.11 Å². The Balaban J connectivity index is 2.17. The first kappa shape index (κ1) is 14.8. The summed E-state index contributed by atoms with van der Waals surface area (Å²) in [5, 5.41) is 9.06. The van der Waals surface area contributed by atoms with Crippen LogP contribution >= 0.6 is 0 Å². The highest BCUT2D eigenvalue weighted by atomic mass is 16.4. The SMILES string of the molecule is C[C@H](CN(Cc1ccccc1)C(=O)c1ccc[nH]1)C(=O)O. The normalized spacial score (nSPS) is 11.9. The number of hydrogen-bond acceptors (Lipinski definition) is 2. The Morgan fingerprint density at radius 1 is 1.19 bits per heavy atom. The lowest BCUT2D eigenvalue weighted by molar-refractivity contribution is -0.141. The molecular formula is C16H18N2O3. The van der Waals surface area contributed by atoms with Crippen molar-refractivity contribution in [3.05, 3.63) is 59.9 Å². The number of H-pyrrole nitrogens is 1. The number of carbonyl (C=O) groups excluding carboxylic acids is 1. The van der Waals surface area contributed by atoms with Gasteiger partial charge in [0.25, 0.3) is 5.91 Å². The summed E-state index contributed by atoms with van der Waals surface area (Å²) < 4.78 is 0. The predicted octanol–water partition coefficient (Wildman–Crippen LogP) is 2.38. The molecule has 5 nitrogen and oxygen atoms in total. The Bertz CT molecular complexity index is 593. The minimum Gasteiger partial charge on any atom is -0.481 e. The molecule has 110 valence electrons. The molecule has 1 aromatic carbocycles. The molecule has 0 aliphatic rings. The van der Waals surface area contributed by atoms with Crippen molar-refractivity contribution in [1.82, 2.24) is 9.88 Å². The fourth-order valence-corrected chi connectivity index (χ4v) is 2.07. The van der Waals surface area contributed by atoms with E-state index in [0.29, 0.717) is 12.2 Å². The van der Waals surface area contributed by atoms with Crippen molar-refractivity contribution in [3.63, 3.8) is 0 Å². The predicted molar refractivity (Wildman–Crippen MR) is 78.8 cm³/mol. The number of hydrogen-bond donors (Lipinski definition) is 2. The molecule has 2 aromatic rings. The molecule has 0 unspecified atom stereocenters. The Morgan fingerprint density at radius 3 is 2.48 bits per heavy atom. The molecule has 0 aliphatic heterocycles. The molecule has 21 heavy (non-hydrogen) atoms. The fourth-order valence-electron chi connectivity index (χ4n) is 2.07. The summed E-state index contributed by atoms with van der Waals surface area (Å²) in [4.78, 5) is 27.9. The van der Waals surface area contributed by atoms with Crippen LogP contribution in [0.25, 0.3) is 0 Å². The maximum absolute atomic E-state index is 12.5. The van der Waals surface area contributed by atoms with E-state index in [2.05, 4.69) is 4.98 Å². The van der Waals surface area contributed by atoms with E-state index in [1.807, 2.05) is 30.3 Å². The van der Waals surface area contributed by atoms with Gasteiger partial charge in [-0.1, -0.05) is 37.3 Å². The number of carbonyl (C=O) groups is 2. The van der Waals surface area contributed by atoms with Gasteiger partial charge < -0.3 is 15.0 Å². The second kappa shape index (κ2) is 6.74. The molecule has 1 heterocycles. The second-order valence-corrected chi connectivity index (χ2v) is 4.99. The molecule has 0 bridgehead atoms. The Labute approximate surface area is 123 Å². The van der Waals surface area contributed by atoms with E-state index in [-0.39, 0.29) is 12.5 Å². The van der Waals surface area contributed by atoms with Crippen LogP contribution in [0.4, 0.5) is 0 Å². The number of amides is 1. The molecule has 5 heteroatoms. The average Bonchev–Trinajstić information content (AvgIpc) is 3.01. The van der Waals surface area contributed by atoms with Crippen molar-refractivity contribution in [1.29, 1.82) is 0 Å². The zero-order valence-electron chi connectivity index (χ0n) is 11.8. The first-order valence-corrected chi connectivity index (χ1v) is 6.77. The Hall–Kier alpha value is -2.56. The van der Waals surface area contributed by atoms with Crippen molar-refractivity contribution in [3.8, 4) is 0 Å². The maximum Gasteiger partial charge on any atom is 0.308 e. The van der Waals surface area contributed by atoms with E-state index in [9.17, 15) is 9.59 Å². The van der Waals surface area contributed by atoms with Crippen molar-refractivity contribution in [2.24, 2.45) is 5.92 Å². The summed E-state index contributed by atoms with van der Waals surface area (Å²) in [5.74, 6) is -1.73. The van der Waals surface area contributed by atoms with Gasteiger partial charge in [-0.15, -0.1) is 0 Å². The third kappa shape index (κ3) is 3.95. The molecular weight excluding hydrogens is 268 g/mol. The monoisotopic (exact) mass is 286 g/mol. The van der Waals surface area contributed by atoms with Crippen molar-refractivity contribution in [2.75, 3.05) is 6.54 Å². The number of aromatic nitrogens is 1. The molecule has 0 aliphatic carbocycles. The van der Waals surface area contributed by atoms with E-state index in [0.717, 1.165) is 5.56 Å². The van der Waals surface area contributed by atoms with E-state index in [1.54, 1.807) is 30.2 Å². The second-order valence-electron chi connectivity index (χ2n) is 4.99. The largest absolute Gasteiger partial charge is 0.481 e. The maximum atomic E-state index is 12.5. The van der Waals surface area contributed by atoms with Gasteiger partial charge >= 0.3 is 5.97 Å². The molecule has 2 N–H and O–H groups in total. The summed E-state index contributed by atoms with van der Waals surface area (Å²) in [5.41, 5.74) is 1.43. The number of nitrogens with one attached hydrogen (secondary N) is 1. The topological polar surface area (TPSA) is 73.4 Å². The lowest BCUT2D eigenvalue weighted by Gasteiger charge is -2.24. The van der Waals surface area contributed by atoms with Gasteiger partial charge in [0.2, 0.25) is 0 Å². The van der Waals surface area contributed by atoms with E-state index >= 15 is 0 Å². The van der Waals surface area contributed by atoms with Crippen molar-refractivity contribution >= 4 is 11.9 Å². The minimum atomic E-state index is -0.910. The standard InChI is InChI=1S/C16H18N2O3/c1-12(16(20)21)10-18(11-13-6-3-2-4-7-13)15(19)14-8-5-9-17-14/h2-9,12,17H,10-11H2,1H3,(H,20,21)/t12-/m1/s1. The highest BCUT2D eigenvalue weighted by Crippen LogP contribution is 2.12. The van der Waals surface area contributed by atoms with Gasteiger partial charge in [0.1, 0.15) is 5.69 Å². The summed E-state index contributed by atoms with van der Waals surface area (Å²) in [6.07, 6.45) is 1.68. The molecule has 0 fully saturated rings. The third-order valence-corrected chi connectivity index (χ3v) is 3.25. The average molecular weight is 286 g/mol. The van der Waals surface area contributed by atoms with E-state index < -0.39 is 11.9 Å². The van der Waals surface area contributed by atoms with Crippen LogP contribution in [0.2, 0.25) is 0 Å². The summed E-state index contributed by atoms with van der Waals surface area (Å²) in [6, 6.07) is 13.0. The molecule has 0 saturated heterocycles. The lowest BCUT2D eigenvalue weighted by Crippen LogP contribution is -2.36. The molecule has 1 amide bonds. The minimum absolute atomic E-state index is 0.169. The van der Waals surface area contributed by atoms with Gasteiger partial charge in [0.05, 0.1) is 5.92 Å². The number of rotatable bonds is 6. The number of aromatic amines is 1. The quantitative estimate of drug-likeness (QED) is 0.856. The smallest absolute Gasteiger partial charge is 0.308 e. The summed E-state index contributed by atoms with van der Waals surface area (Å²) >= 11 is 0. The molecule has 1 aromatic heterocycles. The first-order valence-electron chi connectivity index (χ1n) is 6.77. The highest BCUT2D eigenvalue weighted by molar-refractivity contribution is 5.92. The molecule has 2 rings (SSSR count). The van der Waals surface area contributed by atoms with Crippen LogP contribution in [0.15, 0.2) is 48.7 Å². The van der Waals surface area contributed by atoms with Gasteiger partial charge in [0, 0.05) is 19.3 Å². The summed E-state index contributed by atoms with van der Waals surface area (Å²) in [7, 11) is 0. The van der Waals surface area contributed by atoms with Gasteiger partial charge in [-0.2, -0.15) is 0 Å². The number of nitrogens with zero attached hydrogens (tertiary/aromatic N) is 1. The Morgan fingerprint density at radius 2 is 1.90 bits per heavy atom. The number of benzene rings is 1. The molecule has 0 radical (unpaired) electrons. The van der Waals surface area contributed by atoms with Crippen LogP contribution < -0.4 is 0 Å². The van der Waals surface area contributed by atoms with Gasteiger partial charge in [-0.05, 0) is 17.7 Å². The van der Waals surface area contributed by atoms with Crippen LogP contribution in [-0.4, -0.2) is 33.4 Å². The van der Waals surface area contributed by atoms with Gasteiger partial charge in [-0.3, -0.25) is 9.59 Å². The Kier molecular flexibility index (Phi) is 4.77. The van der Waals surface area contributed by atoms with Crippen LogP contribution in [0.3, 0.4) is 0 Å². The van der Waals surface area contributed by atoms with Gasteiger partial charge in [0.15, 0.2) is 0 Å². The van der Waals surface area contributed by atoms with E-state index in [1.165, 1.54) is 0 Å². The zero-order valence-corrected chi connectivity index (χ0v) is 11.8. The molecule has 0 spiro atoms.